The molecule has 0 bridgehead atoms. The Morgan fingerprint density at radius 3 is 3.06 bits per heavy atom. The van der Waals surface area contributed by atoms with E-state index in [-0.39, 0.29) is 12.0 Å². The van der Waals surface area contributed by atoms with Crippen LogP contribution < -0.4 is 5.73 Å². The van der Waals surface area contributed by atoms with E-state index in [1.165, 1.54) is 0 Å². The smallest absolute Gasteiger partial charge is 0.239 e. The Labute approximate surface area is 107 Å². The maximum absolute atomic E-state index is 12.1. The van der Waals surface area contributed by atoms with Gasteiger partial charge in [-0.3, -0.25) is 4.79 Å². The summed E-state index contributed by atoms with van der Waals surface area (Å²) < 4.78 is 10.9. The maximum Gasteiger partial charge on any atom is 0.239 e. The second kappa shape index (κ2) is 6.02. The first-order valence-electron chi connectivity index (χ1n) is 6.35. The van der Waals surface area contributed by atoms with Crippen LogP contribution in [0, 0.1) is 0 Å². The lowest BCUT2D eigenvalue weighted by Gasteiger charge is -2.26. The molecule has 0 spiro atoms. The molecule has 2 unspecified atom stereocenters. The predicted molar refractivity (Wildman–Crippen MR) is 66.7 cm³/mol. The Morgan fingerprint density at radius 1 is 1.67 bits per heavy atom. The van der Waals surface area contributed by atoms with Crippen molar-refractivity contribution in [1.29, 1.82) is 0 Å². The van der Waals surface area contributed by atoms with E-state index >= 15 is 0 Å². The fraction of sp³-hybridized carbons (Fsp3) is 0.615. The third-order valence-electron chi connectivity index (χ3n) is 3.08. The molecule has 5 nitrogen and oxygen atoms in total. The van der Waals surface area contributed by atoms with Crippen LogP contribution in [-0.2, 0) is 16.1 Å². The van der Waals surface area contributed by atoms with Gasteiger partial charge in [-0.1, -0.05) is 0 Å². The molecule has 2 N–H and O–H groups in total. The van der Waals surface area contributed by atoms with Crippen molar-refractivity contribution in [1.82, 2.24) is 4.90 Å². The Kier molecular flexibility index (Phi) is 4.38. The lowest BCUT2D eigenvalue weighted by molar-refractivity contribution is -0.134. The monoisotopic (exact) mass is 252 g/mol. The summed E-state index contributed by atoms with van der Waals surface area (Å²) in [6, 6.07) is 3.17. The molecule has 1 fully saturated rings. The van der Waals surface area contributed by atoms with Crippen molar-refractivity contribution in [2.45, 2.75) is 38.5 Å². The van der Waals surface area contributed by atoms with Gasteiger partial charge in [0.05, 0.1) is 25.0 Å². The normalized spacial score (nSPS) is 20.9. The summed E-state index contributed by atoms with van der Waals surface area (Å²) in [5.41, 5.74) is 5.68. The van der Waals surface area contributed by atoms with Gasteiger partial charge in [0, 0.05) is 13.2 Å². The van der Waals surface area contributed by atoms with E-state index in [2.05, 4.69) is 0 Å². The lowest BCUT2D eigenvalue weighted by Crippen LogP contribution is -2.44. The number of hydrogen-bond donors (Lipinski definition) is 1. The van der Waals surface area contributed by atoms with E-state index in [0.29, 0.717) is 13.1 Å². The standard InChI is InChI=1S/C13H20N2O3/c1-10(14)13(16)15(8-11-4-2-6-17-11)9-12-5-3-7-18-12/h2,4,6,10,12H,3,5,7-9,14H2,1H3. The minimum absolute atomic E-state index is 0.0677. The molecule has 0 radical (unpaired) electrons. The summed E-state index contributed by atoms with van der Waals surface area (Å²) in [6.07, 6.45) is 3.80. The molecule has 2 atom stereocenters. The molecule has 2 heterocycles. The number of ether oxygens (including phenoxy) is 1. The molecule has 1 aliphatic rings. The van der Waals surface area contributed by atoms with Gasteiger partial charge in [-0.2, -0.15) is 0 Å². The summed E-state index contributed by atoms with van der Waals surface area (Å²) in [5, 5.41) is 0. The van der Waals surface area contributed by atoms with Gasteiger partial charge in [-0.25, -0.2) is 0 Å². The highest BCUT2D eigenvalue weighted by molar-refractivity contribution is 5.81. The number of carbonyl (C=O) groups is 1. The van der Waals surface area contributed by atoms with Gasteiger partial charge >= 0.3 is 0 Å². The average Bonchev–Trinajstić information content (AvgIpc) is 2.99. The minimum Gasteiger partial charge on any atom is -0.467 e. The van der Waals surface area contributed by atoms with Gasteiger partial charge in [-0.05, 0) is 31.9 Å². The van der Waals surface area contributed by atoms with Crippen LogP contribution >= 0.6 is 0 Å². The fourth-order valence-corrected chi connectivity index (χ4v) is 2.15. The SMILES string of the molecule is CC(N)C(=O)N(Cc1ccco1)CC1CCCO1. The number of rotatable bonds is 5. The molecule has 1 saturated heterocycles. The van der Waals surface area contributed by atoms with Crippen LogP contribution in [0.1, 0.15) is 25.5 Å². The van der Waals surface area contributed by atoms with Gasteiger partial charge < -0.3 is 19.8 Å². The van der Waals surface area contributed by atoms with Crippen LogP contribution in [0.2, 0.25) is 0 Å². The molecular weight excluding hydrogens is 232 g/mol. The maximum atomic E-state index is 12.1. The zero-order chi connectivity index (χ0) is 13.0. The molecule has 1 aromatic rings. The van der Waals surface area contributed by atoms with E-state index in [0.717, 1.165) is 25.2 Å². The van der Waals surface area contributed by atoms with E-state index in [1.54, 1.807) is 18.1 Å². The largest absolute Gasteiger partial charge is 0.467 e. The highest BCUT2D eigenvalue weighted by Crippen LogP contribution is 2.15. The summed E-state index contributed by atoms with van der Waals surface area (Å²) >= 11 is 0. The van der Waals surface area contributed by atoms with E-state index in [1.807, 2.05) is 12.1 Å². The molecule has 2 rings (SSSR count). The van der Waals surface area contributed by atoms with Crippen LogP contribution in [0.4, 0.5) is 0 Å². The second-order valence-electron chi connectivity index (χ2n) is 4.72. The molecule has 0 aromatic carbocycles. The zero-order valence-corrected chi connectivity index (χ0v) is 10.7. The lowest BCUT2D eigenvalue weighted by atomic mass is 10.2. The molecule has 1 aromatic heterocycles. The van der Waals surface area contributed by atoms with Crippen LogP contribution in [0.3, 0.4) is 0 Å². The summed E-state index contributed by atoms with van der Waals surface area (Å²) in [6.45, 7) is 3.52. The van der Waals surface area contributed by atoms with Crippen molar-refractivity contribution in [3.8, 4) is 0 Å². The molecule has 1 aliphatic heterocycles. The second-order valence-corrected chi connectivity index (χ2v) is 4.72. The van der Waals surface area contributed by atoms with Crippen LogP contribution in [-0.4, -0.2) is 36.1 Å². The Balaban J connectivity index is 1.99. The van der Waals surface area contributed by atoms with E-state index in [9.17, 15) is 4.79 Å². The number of furan rings is 1. The van der Waals surface area contributed by atoms with Crippen molar-refractivity contribution >= 4 is 5.91 Å². The van der Waals surface area contributed by atoms with Gasteiger partial charge in [0.15, 0.2) is 0 Å². The van der Waals surface area contributed by atoms with Crippen LogP contribution in [0.5, 0.6) is 0 Å². The van der Waals surface area contributed by atoms with Gasteiger partial charge in [-0.15, -0.1) is 0 Å². The quantitative estimate of drug-likeness (QED) is 0.853. The molecule has 0 aliphatic carbocycles. The van der Waals surface area contributed by atoms with Crippen molar-refractivity contribution in [3.63, 3.8) is 0 Å². The summed E-state index contributed by atoms with van der Waals surface area (Å²) in [7, 11) is 0. The number of hydrogen-bond acceptors (Lipinski definition) is 4. The zero-order valence-electron chi connectivity index (χ0n) is 10.7. The first-order valence-corrected chi connectivity index (χ1v) is 6.35. The van der Waals surface area contributed by atoms with Gasteiger partial charge in [0.25, 0.3) is 0 Å². The fourth-order valence-electron chi connectivity index (χ4n) is 2.15. The summed E-state index contributed by atoms with van der Waals surface area (Å²) in [4.78, 5) is 13.8. The highest BCUT2D eigenvalue weighted by Gasteiger charge is 2.24. The molecule has 100 valence electrons. The number of nitrogens with zero attached hydrogens (tertiary/aromatic N) is 1. The van der Waals surface area contributed by atoms with Crippen molar-refractivity contribution in [3.05, 3.63) is 24.2 Å². The van der Waals surface area contributed by atoms with Gasteiger partial charge in [0.2, 0.25) is 5.91 Å². The Hall–Kier alpha value is -1.33. The van der Waals surface area contributed by atoms with Crippen LogP contribution in [0.25, 0.3) is 0 Å². The molecule has 5 heteroatoms. The van der Waals surface area contributed by atoms with Crippen molar-refractivity contribution in [2.24, 2.45) is 5.73 Å². The Bertz CT molecular complexity index is 370. The van der Waals surface area contributed by atoms with E-state index in [4.69, 9.17) is 14.9 Å². The third-order valence-corrected chi connectivity index (χ3v) is 3.08. The third kappa shape index (κ3) is 3.34. The minimum atomic E-state index is -0.499. The number of amides is 1. The highest BCUT2D eigenvalue weighted by atomic mass is 16.5. The topological polar surface area (TPSA) is 68.7 Å². The van der Waals surface area contributed by atoms with Crippen molar-refractivity contribution in [2.75, 3.05) is 13.2 Å². The molecule has 0 saturated carbocycles. The van der Waals surface area contributed by atoms with Crippen molar-refractivity contribution < 1.29 is 13.9 Å². The number of nitrogens with two attached hydrogens (primary N) is 1. The molecule has 1 amide bonds. The first-order chi connectivity index (χ1) is 8.66. The first kappa shape index (κ1) is 13.1. The number of carbonyl (C=O) groups excluding carboxylic acids is 1. The average molecular weight is 252 g/mol. The summed E-state index contributed by atoms with van der Waals surface area (Å²) in [5.74, 6) is 0.698. The molecular formula is C13H20N2O3. The molecule has 18 heavy (non-hydrogen) atoms. The van der Waals surface area contributed by atoms with E-state index < -0.39 is 6.04 Å². The van der Waals surface area contributed by atoms with Crippen LogP contribution in [0.15, 0.2) is 22.8 Å². The van der Waals surface area contributed by atoms with Gasteiger partial charge in [0.1, 0.15) is 5.76 Å². The Morgan fingerprint density at radius 2 is 2.50 bits per heavy atom. The predicted octanol–water partition coefficient (Wildman–Crippen LogP) is 1.13.